The van der Waals surface area contributed by atoms with E-state index < -0.39 is 6.10 Å². The van der Waals surface area contributed by atoms with Crippen molar-refractivity contribution >= 4 is 0 Å². The summed E-state index contributed by atoms with van der Waals surface area (Å²) in [4.78, 5) is 0. The van der Waals surface area contributed by atoms with E-state index in [2.05, 4.69) is 12.1 Å². The molecule has 0 bridgehead atoms. The Kier molecular flexibility index (Phi) is 4.58. The molecule has 2 aromatic carbocycles. The van der Waals surface area contributed by atoms with Crippen LogP contribution >= 0.6 is 0 Å². The second-order valence-corrected chi connectivity index (χ2v) is 4.78. The SMILES string of the molecule is Cc1cc(C(C)O)ccc1OCCc1ccccc1. The van der Waals surface area contributed by atoms with Gasteiger partial charge in [-0.1, -0.05) is 36.4 Å². The van der Waals surface area contributed by atoms with E-state index >= 15 is 0 Å². The maximum atomic E-state index is 9.52. The molecule has 1 atom stereocenters. The minimum atomic E-state index is -0.433. The van der Waals surface area contributed by atoms with Crippen LogP contribution in [0.4, 0.5) is 0 Å². The fraction of sp³-hybridized carbons (Fsp3) is 0.294. The van der Waals surface area contributed by atoms with Gasteiger partial charge in [0.1, 0.15) is 5.75 Å². The molecule has 0 radical (unpaired) electrons. The van der Waals surface area contributed by atoms with Crippen molar-refractivity contribution in [2.45, 2.75) is 26.4 Å². The van der Waals surface area contributed by atoms with Gasteiger partial charge in [-0.05, 0) is 42.7 Å². The molecule has 0 aliphatic heterocycles. The Balaban J connectivity index is 1.93. The van der Waals surface area contributed by atoms with Crippen LogP contribution in [0.2, 0.25) is 0 Å². The average Bonchev–Trinajstić information content (AvgIpc) is 2.41. The fourth-order valence-electron chi connectivity index (χ4n) is 2.02. The molecule has 0 heterocycles. The van der Waals surface area contributed by atoms with E-state index in [1.165, 1.54) is 5.56 Å². The van der Waals surface area contributed by atoms with Gasteiger partial charge in [0.05, 0.1) is 12.7 Å². The minimum absolute atomic E-state index is 0.433. The zero-order valence-corrected chi connectivity index (χ0v) is 11.5. The number of benzene rings is 2. The van der Waals surface area contributed by atoms with E-state index in [-0.39, 0.29) is 0 Å². The highest BCUT2D eigenvalue weighted by atomic mass is 16.5. The van der Waals surface area contributed by atoms with Gasteiger partial charge in [-0.25, -0.2) is 0 Å². The number of aliphatic hydroxyl groups is 1. The Morgan fingerprint density at radius 3 is 2.47 bits per heavy atom. The summed E-state index contributed by atoms with van der Waals surface area (Å²) in [7, 11) is 0. The van der Waals surface area contributed by atoms with Gasteiger partial charge in [-0.2, -0.15) is 0 Å². The van der Waals surface area contributed by atoms with Gasteiger partial charge in [-0.15, -0.1) is 0 Å². The van der Waals surface area contributed by atoms with Crippen LogP contribution in [0.15, 0.2) is 48.5 Å². The number of ether oxygens (including phenoxy) is 1. The van der Waals surface area contributed by atoms with Crippen molar-refractivity contribution < 1.29 is 9.84 Å². The van der Waals surface area contributed by atoms with Crippen LogP contribution in [-0.4, -0.2) is 11.7 Å². The maximum absolute atomic E-state index is 9.52. The van der Waals surface area contributed by atoms with Crippen molar-refractivity contribution in [3.63, 3.8) is 0 Å². The third-order valence-corrected chi connectivity index (χ3v) is 3.17. The number of aliphatic hydroxyl groups excluding tert-OH is 1. The molecule has 2 rings (SSSR count). The van der Waals surface area contributed by atoms with Gasteiger partial charge >= 0.3 is 0 Å². The maximum Gasteiger partial charge on any atom is 0.122 e. The van der Waals surface area contributed by atoms with Gasteiger partial charge in [0.2, 0.25) is 0 Å². The summed E-state index contributed by atoms with van der Waals surface area (Å²) in [5.41, 5.74) is 3.26. The van der Waals surface area contributed by atoms with Crippen LogP contribution in [0.3, 0.4) is 0 Å². The van der Waals surface area contributed by atoms with Crippen LogP contribution < -0.4 is 4.74 Å². The van der Waals surface area contributed by atoms with E-state index in [1.807, 2.05) is 43.3 Å². The first kappa shape index (κ1) is 13.6. The summed E-state index contributed by atoms with van der Waals surface area (Å²) in [5, 5.41) is 9.52. The number of hydrogen-bond donors (Lipinski definition) is 1. The summed E-state index contributed by atoms with van der Waals surface area (Å²) < 4.78 is 5.79. The Morgan fingerprint density at radius 2 is 1.84 bits per heavy atom. The molecule has 2 heteroatoms. The van der Waals surface area contributed by atoms with E-state index in [0.717, 1.165) is 23.3 Å². The highest BCUT2D eigenvalue weighted by Crippen LogP contribution is 2.22. The molecule has 0 amide bonds. The van der Waals surface area contributed by atoms with Crippen LogP contribution in [0.1, 0.15) is 29.7 Å². The first-order chi connectivity index (χ1) is 9.16. The Labute approximate surface area is 114 Å². The molecule has 0 saturated carbocycles. The summed E-state index contributed by atoms with van der Waals surface area (Å²) in [6, 6.07) is 16.1. The van der Waals surface area contributed by atoms with Gasteiger partial charge in [0.25, 0.3) is 0 Å². The molecule has 100 valence electrons. The molecule has 2 nitrogen and oxygen atoms in total. The molecule has 0 aliphatic carbocycles. The summed E-state index contributed by atoms with van der Waals surface area (Å²) in [6.45, 7) is 4.44. The quantitative estimate of drug-likeness (QED) is 0.884. The lowest BCUT2D eigenvalue weighted by Crippen LogP contribution is -2.03. The predicted octanol–water partition coefficient (Wildman–Crippen LogP) is 3.67. The Hall–Kier alpha value is -1.80. The van der Waals surface area contributed by atoms with Crippen molar-refractivity contribution in [2.24, 2.45) is 0 Å². The smallest absolute Gasteiger partial charge is 0.122 e. The lowest BCUT2D eigenvalue weighted by atomic mass is 10.1. The molecular formula is C17H20O2. The lowest BCUT2D eigenvalue weighted by Gasteiger charge is -2.12. The van der Waals surface area contributed by atoms with E-state index in [4.69, 9.17) is 4.74 Å². The molecule has 0 aliphatic rings. The lowest BCUT2D eigenvalue weighted by molar-refractivity contribution is 0.199. The molecule has 0 spiro atoms. The average molecular weight is 256 g/mol. The highest BCUT2D eigenvalue weighted by Gasteiger charge is 2.05. The van der Waals surface area contributed by atoms with Crippen molar-refractivity contribution in [2.75, 3.05) is 6.61 Å². The molecule has 1 N–H and O–H groups in total. The van der Waals surface area contributed by atoms with Crippen molar-refractivity contribution in [1.82, 2.24) is 0 Å². The zero-order valence-electron chi connectivity index (χ0n) is 11.5. The topological polar surface area (TPSA) is 29.5 Å². The summed E-state index contributed by atoms with van der Waals surface area (Å²) in [6.07, 6.45) is 0.468. The Morgan fingerprint density at radius 1 is 1.11 bits per heavy atom. The molecule has 19 heavy (non-hydrogen) atoms. The van der Waals surface area contributed by atoms with E-state index in [1.54, 1.807) is 6.92 Å². The predicted molar refractivity (Wildman–Crippen MR) is 77.5 cm³/mol. The first-order valence-electron chi connectivity index (χ1n) is 6.62. The zero-order chi connectivity index (χ0) is 13.7. The second kappa shape index (κ2) is 6.39. The molecule has 0 saturated heterocycles. The van der Waals surface area contributed by atoms with Gasteiger partial charge in [-0.3, -0.25) is 0 Å². The van der Waals surface area contributed by atoms with Crippen LogP contribution in [0, 0.1) is 6.92 Å². The van der Waals surface area contributed by atoms with Crippen LogP contribution in [0.25, 0.3) is 0 Å². The standard InChI is InChI=1S/C17H20O2/c1-13-12-16(14(2)18)8-9-17(13)19-11-10-15-6-4-3-5-7-15/h3-9,12,14,18H,10-11H2,1-2H3. The minimum Gasteiger partial charge on any atom is -0.493 e. The van der Waals surface area contributed by atoms with Crippen molar-refractivity contribution in [3.8, 4) is 5.75 Å². The monoisotopic (exact) mass is 256 g/mol. The van der Waals surface area contributed by atoms with Crippen LogP contribution in [-0.2, 0) is 6.42 Å². The van der Waals surface area contributed by atoms with E-state index in [9.17, 15) is 5.11 Å². The van der Waals surface area contributed by atoms with E-state index in [0.29, 0.717) is 6.61 Å². The van der Waals surface area contributed by atoms with Crippen LogP contribution in [0.5, 0.6) is 5.75 Å². The third kappa shape index (κ3) is 3.83. The summed E-state index contributed by atoms with van der Waals surface area (Å²) in [5.74, 6) is 0.889. The van der Waals surface area contributed by atoms with Gasteiger partial charge in [0.15, 0.2) is 0 Å². The largest absolute Gasteiger partial charge is 0.493 e. The van der Waals surface area contributed by atoms with Crippen molar-refractivity contribution in [1.29, 1.82) is 0 Å². The number of rotatable bonds is 5. The summed E-state index contributed by atoms with van der Waals surface area (Å²) >= 11 is 0. The molecule has 1 unspecified atom stereocenters. The Bertz CT molecular complexity index is 518. The molecule has 0 aromatic heterocycles. The fourth-order valence-corrected chi connectivity index (χ4v) is 2.02. The number of hydrogen-bond acceptors (Lipinski definition) is 2. The molecular weight excluding hydrogens is 236 g/mol. The van der Waals surface area contributed by atoms with Crippen molar-refractivity contribution in [3.05, 3.63) is 65.2 Å². The molecule has 0 fully saturated rings. The highest BCUT2D eigenvalue weighted by molar-refractivity contribution is 5.37. The normalized spacial score (nSPS) is 12.2. The van der Waals surface area contributed by atoms with Gasteiger partial charge in [0, 0.05) is 6.42 Å². The third-order valence-electron chi connectivity index (χ3n) is 3.17. The first-order valence-corrected chi connectivity index (χ1v) is 6.62. The number of aryl methyl sites for hydroxylation is 1. The second-order valence-electron chi connectivity index (χ2n) is 4.78. The molecule has 2 aromatic rings. The van der Waals surface area contributed by atoms with Gasteiger partial charge < -0.3 is 9.84 Å².